The summed E-state index contributed by atoms with van der Waals surface area (Å²) in [7, 11) is 2.18. The van der Waals surface area contributed by atoms with Crippen molar-refractivity contribution in [2.24, 2.45) is 5.73 Å². The van der Waals surface area contributed by atoms with Crippen LogP contribution in [0.1, 0.15) is 12.0 Å². The first-order chi connectivity index (χ1) is 7.79. The van der Waals surface area contributed by atoms with E-state index in [2.05, 4.69) is 34.0 Å². The van der Waals surface area contributed by atoms with Crippen LogP contribution in [0.25, 0.3) is 0 Å². The highest BCUT2D eigenvalue weighted by molar-refractivity contribution is 5.39. The van der Waals surface area contributed by atoms with E-state index < -0.39 is 0 Å². The van der Waals surface area contributed by atoms with E-state index in [4.69, 9.17) is 5.73 Å². The zero-order valence-corrected chi connectivity index (χ0v) is 9.89. The molecule has 0 atom stereocenters. The van der Waals surface area contributed by atoms with Crippen LogP contribution in [0.5, 0.6) is 0 Å². The Morgan fingerprint density at radius 3 is 2.81 bits per heavy atom. The molecule has 4 nitrogen and oxygen atoms in total. The Balaban J connectivity index is 2.04. The fourth-order valence-corrected chi connectivity index (χ4v) is 2.00. The molecule has 1 aliphatic rings. The quantitative estimate of drug-likeness (QED) is 0.796. The van der Waals surface area contributed by atoms with Gasteiger partial charge in [-0.05, 0) is 31.6 Å². The van der Waals surface area contributed by atoms with Crippen molar-refractivity contribution in [3.05, 3.63) is 23.9 Å². The van der Waals surface area contributed by atoms with Gasteiger partial charge in [0, 0.05) is 32.4 Å². The standard InChI is InChI=1S/C12H20N4/c1-15-5-2-6-16(8-7-15)12-4-3-11(9-13)10-14-12/h3-4,10H,2,5-9,13H2,1H3. The van der Waals surface area contributed by atoms with Crippen molar-refractivity contribution in [3.63, 3.8) is 0 Å². The first-order valence-corrected chi connectivity index (χ1v) is 5.88. The molecular weight excluding hydrogens is 200 g/mol. The summed E-state index contributed by atoms with van der Waals surface area (Å²) in [5.41, 5.74) is 6.65. The van der Waals surface area contributed by atoms with Gasteiger partial charge in [-0.3, -0.25) is 0 Å². The molecule has 0 amide bonds. The third-order valence-electron chi connectivity index (χ3n) is 3.09. The first-order valence-electron chi connectivity index (χ1n) is 5.88. The van der Waals surface area contributed by atoms with Crippen molar-refractivity contribution in [2.45, 2.75) is 13.0 Å². The molecule has 1 saturated heterocycles. The summed E-state index contributed by atoms with van der Waals surface area (Å²) < 4.78 is 0. The highest BCUT2D eigenvalue weighted by Crippen LogP contribution is 2.13. The van der Waals surface area contributed by atoms with Crippen LogP contribution >= 0.6 is 0 Å². The Bertz CT molecular complexity index is 322. The molecule has 88 valence electrons. The Kier molecular flexibility index (Phi) is 3.74. The van der Waals surface area contributed by atoms with Gasteiger partial charge in [-0.2, -0.15) is 0 Å². The average Bonchev–Trinajstić information content (AvgIpc) is 2.54. The van der Waals surface area contributed by atoms with Crippen LogP contribution in [0.4, 0.5) is 5.82 Å². The van der Waals surface area contributed by atoms with Crippen molar-refractivity contribution in [1.29, 1.82) is 0 Å². The Morgan fingerprint density at radius 1 is 1.25 bits per heavy atom. The number of rotatable bonds is 2. The highest BCUT2D eigenvalue weighted by atomic mass is 15.2. The van der Waals surface area contributed by atoms with Crippen LogP contribution in [0.3, 0.4) is 0 Å². The molecule has 1 fully saturated rings. The second-order valence-corrected chi connectivity index (χ2v) is 4.37. The molecule has 0 saturated carbocycles. The summed E-state index contributed by atoms with van der Waals surface area (Å²) in [6.07, 6.45) is 3.08. The Labute approximate surface area is 97.1 Å². The van der Waals surface area contributed by atoms with Crippen molar-refractivity contribution in [1.82, 2.24) is 9.88 Å². The summed E-state index contributed by atoms with van der Waals surface area (Å²) in [6.45, 7) is 5.01. The van der Waals surface area contributed by atoms with Gasteiger partial charge in [-0.25, -0.2) is 4.98 Å². The minimum Gasteiger partial charge on any atom is -0.355 e. The molecule has 16 heavy (non-hydrogen) atoms. The molecule has 0 radical (unpaired) electrons. The minimum atomic E-state index is 0.565. The number of anilines is 1. The molecule has 0 aromatic carbocycles. The summed E-state index contributed by atoms with van der Waals surface area (Å²) in [4.78, 5) is 9.19. The largest absolute Gasteiger partial charge is 0.355 e. The predicted octanol–water partition coefficient (Wildman–Crippen LogP) is 0.682. The van der Waals surface area contributed by atoms with Crippen LogP contribution in [0.2, 0.25) is 0 Å². The second kappa shape index (κ2) is 5.27. The van der Waals surface area contributed by atoms with Crippen molar-refractivity contribution in [2.75, 3.05) is 38.1 Å². The fourth-order valence-electron chi connectivity index (χ4n) is 2.00. The van der Waals surface area contributed by atoms with Crippen LogP contribution in [0.15, 0.2) is 18.3 Å². The summed E-state index contributed by atoms with van der Waals surface area (Å²) in [6, 6.07) is 4.14. The third-order valence-corrected chi connectivity index (χ3v) is 3.09. The van der Waals surface area contributed by atoms with Gasteiger partial charge in [0.25, 0.3) is 0 Å². The number of nitrogens with zero attached hydrogens (tertiary/aromatic N) is 3. The molecule has 2 heterocycles. The number of nitrogens with two attached hydrogens (primary N) is 1. The number of hydrogen-bond donors (Lipinski definition) is 1. The summed E-state index contributed by atoms with van der Waals surface area (Å²) >= 11 is 0. The smallest absolute Gasteiger partial charge is 0.128 e. The van der Waals surface area contributed by atoms with Gasteiger partial charge in [0.05, 0.1) is 0 Å². The van der Waals surface area contributed by atoms with E-state index in [-0.39, 0.29) is 0 Å². The molecule has 1 aromatic heterocycles. The van der Waals surface area contributed by atoms with E-state index in [0.29, 0.717) is 6.54 Å². The van der Waals surface area contributed by atoms with Gasteiger partial charge in [0.15, 0.2) is 0 Å². The minimum absolute atomic E-state index is 0.565. The van der Waals surface area contributed by atoms with E-state index in [9.17, 15) is 0 Å². The van der Waals surface area contributed by atoms with Gasteiger partial charge in [0.2, 0.25) is 0 Å². The van der Waals surface area contributed by atoms with Crippen LogP contribution in [-0.2, 0) is 6.54 Å². The normalized spacial score (nSPS) is 18.5. The number of hydrogen-bond acceptors (Lipinski definition) is 4. The molecule has 0 spiro atoms. The van der Waals surface area contributed by atoms with Crippen LogP contribution < -0.4 is 10.6 Å². The van der Waals surface area contributed by atoms with Gasteiger partial charge in [-0.15, -0.1) is 0 Å². The lowest BCUT2D eigenvalue weighted by molar-refractivity contribution is 0.360. The molecule has 4 heteroatoms. The maximum atomic E-state index is 5.56. The molecule has 1 aliphatic heterocycles. The Hall–Kier alpha value is -1.13. The average molecular weight is 220 g/mol. The third kappa shape index (κ3) is 2.71. The second-order valence-electron chi connectivity index (χ2n) is 4.37. The predicted molar refractivity (Wildman–Crippen MR) is 66.5 cm³/mol. The maximum Gasteiger partial charge on any atom is 0.128 e. The van der Waals surface area contributed by atoms with Crippen LogP contribution in [0, 0.1) is 0 Å². The lowest BCUT2D eigenvalue weighted by atomic mass is 10.3. The van der Waals surface area contributed by atoms with E-state index >= 15 is 0 Å². The van der Waals surface area contributed by atoms with Crippen molar-refractivity contribution >= 4 is 5.82 Å². The lowest BCUT2D eigenvalue weighted by Gasteiger charge is -2.21. The van der Waals surface area contributed by atoms with E-state index in [1.165, 1.54) is 13.0 Å². The molecule has 0 aliphatic carbocycles. The summed E-state index contributed by atoms with van der Waals surface area (Å²) in [5, 5.41) is 0. The van der Waals surface area contributed by atoms with E-state index in [1.54, 1.807) is 0 Å². The van der Waals surface area contributed by atoms with Gasteiger partial charge >= 0.3 is 0 Å². The summed E-state index contributed by atoms with van der Waals surface area (Å²) in [5.74, 6) is 1.08. The molecule has 0 unspecified atom stereocenters. The van der Waals surface area contributed by atoms with Gasteiger partial charge in [0.1, 0.15) is 5.82 Å². The van der Waals surface area contributed by atoms with Gasteiger partial charge in [-0.1, -0.05) is 6.07 Å². The molecule has 0 bridgehead atoms. The zero-order chi connectivity index (χ0) is 11.4. The number of pyridine rings is 1. The maximum absolute atomic E-state index is 5.56. The molecular formula is C12H20N4. The Morgan fingerprint density at radius 2 is 2.12 bits per heavy atom. The van der Waals surface area contributed by atoms with Gasteiger partial charge < -0.3 is 15.5 Å². The lowest BCUT2D eigenvalue weighted by Crippen LogP contribution is -2.29. The monoisotopic (exact) mass is 220 g/mol. The molecule has 2 N–H and O–H groups in total. The highest BCUT2D eigenvalue weighted by Gasteiger charge is 2.12. The zero-order valence-electron chi connectivity index (χ0n) is 9.89. The first kappa shape index (κ1) is 11.4. The van der Waals surface area contributed by atoms with E-state index in [1.807, 2.05) is 6.20 Å². The molecule has 1 aromatic rings. The topological polar surface area (TPSA) is 45.4 Å². The van der Waals surface area contributed by atoms with Crippen molar-refractivity contribution < 1.29 is 0 Å². The SMILES string of the molecule is CN1CCCN(c2ccc(CN)cn2)CC1. The number of aromatic nitrogens is 1. The van der Waals surface area contributed by atoms with E-state index in [0.717, 1.165) is 31.0 Å². The van der Waals surface area contributed by atoms with Crippen molar-refractivity contribution in [3.8, 4) is 0 Å². The molecule has 2 rings (SSSR count). The fraction of sp³-hybridized carbons (Fsp3) is 0.583. The number of likely N-dealkylation sites (N-methyl/N-ethyl adjacent to an activating group) is 1. The van der Waals surface area contributed by atoms with Crippen LogP contribution in [-0.4, -0.2) is 43.1 Å².